The summed E-state index contributed by atoms with van der Waals surface area (Å²) in [5, 5.41) is 13.1. The summed E-state index contributed by atoms with van der Waals surface area (Å²) in [7, 11) is -1.84. The van der Waals surface area contributed by atoms with Crippen LogP contribution in [0.4, 0.5) is 0 Å². The maximum atomic E-state index is 11.7. The second-order valence-electron chi connectivity index (χ2n) is 3.60. The lowest BCUT2D eigenvalue weighted by molar-refractivity contribution is 0.162. The summed E-state index contributed by atoms with van der Waals surface area (Å²) in [6.45, 7) is 2.08. The van der Waals surface area contributed by atoms with Crippen molar-refractivity contribution in [3.05, 3.63) is 12.4 Å². The fraction of sp³-hybridized carbons (Fsp3) is 0.667. The molecule has 2 N–H and O–H groups in total. The molecule has 6 nitrogen and oxygen atoms in total. The standard InChI is InChI=1S/C9H17N3O3S/c1-3-8(13)4-5-11-16(14,15)9-6-10-12(2)7-9/h6-8,11,13H,3-5H2,1-2H3. The van der Waals surface area contributed by atoms with Gasteiger partial charge in [-0.2, -0.15) is 5.10 Å². The molecule has 0 spiro atoms. The highest BCUT2D eigenvalue weighted by Gasteiger charge is 2.15. The van der Waals surface area contributed by atoms with Gasteiger partial charge in [0.2, 0.25) is 10.0 Å². The minimum Gasteiger partial charge on any atom is -0.393 e. The molecule has 0 saturated carbocycles. The molecule has 1 rings (SSSR count). The van der Waals surface area contributed by atoms with Crippen LogP contribution >= 0.6 is 0 Å². The lowest BCUT2D eigenvalue weighted by atomic mass is 10.2. The Morgan fingerprint density at radius 1 is 1.62 bits per heavy atom. The number of hydrogen-bond donors (Lipinski definition) is 2. The lowest BCUT2D eigenvalue weighted by Gasteiger charge is -2.08. The molecule has 1 atom stereocenters. The van der Waals surface area contributed by atoms with Gasteiger partial charge in [-0.05, 0) is 12.8 Å². The highest BCUT2D eigenvalue weighted by Crippen LogP contribution is 2.06. The molecule has 0 amide bonds. The highest BCUT2D eigenvalue weighted by atomic mass is 32.2. The largest absolute Gasteiger partial charge is 0.393 e. The maximum Gasteiger partial charge on any atom is 0.243 e. The maximum absolute atomic E-state index is 11.7. The van der Waals surface area contributed by atoms with Crippen molar-refractivity contribution in [1.82, 2.24) is 14.5 Å². The van der Waals surface area contributed by atoms with Crippen molar-refractivity contribution in [2.45, 2.75) is 30.8 Å². The van der Waals surface area contributed by atoms with E-state index in [4.69, 9.17) is 0 Å². The number of hydrogen-bond acceptors (Lipinski definition) is 4. The number of nitrogens with zero attached hydrogens (tertiary/aromatic N) is 2. The molecule has 0 aliphatic rings. The minimum atomic E-state index is -3.49. The van der Waals surface area contributed by atoms with Crippen molar-refractivity contribution in [3.63, 3.8) is 0 Å². The Morgan fingerprint density at radius 2 is 2.31 bits per heavy atom. The van der Waals surface area contributed by atoms with Gasteiger partial charge in [-0.25, -0.2) is 13.1 Å². The van der Waals surface area contributed by atoms with Crippen molar-refractivity contribution >= 4 is 10.0 Å². The number of aliphatic hydroxyl groups excluding tert-OH is 1. The van der Waals surface area contributed by atoms with Gasteiger partial charge < -0.3 is 5.11 Å². The van der Waals surface area contributed by atoms with E-state index >= 15 is 0 Å². The number of aryl methyl sites for hydroxylation is 1. The Hall–Kier alpha value is -0.920. The molecule has 1 aromatic rings. The number of aromatic nitrogens is 2. The Morgan fingerprint density at radius 3 is 2.81 bits per heavy atom. The fourth-order valence-electron chi connectivity index (χ4n) is 1.18. The zero-order chi connectivity index (χ0) is 12.2. The van der Waals surface area contributed by atoms with Crippen LogP contribution in [-0.2, 0) is 17.1 Å². The summed E-state index contributed by atoms with van der Waals surface area (Å²) >= 11 is 0. The van der Waals surface area contributed by atoms with E-state index in [2.05, 4.69) is 9.82 Å². The Kier molecular flexibility index (Phi) is 4.45. The molecule has 7 heteroatoms. The van der Waals surface area contributed by atoms with E-state index in [9.17, 15) is 13.5 Å². The molecule has 1 heterocycles. The van der Waals surface area contributed by atoms with Crippen molar-refractivity contribution in [1.29, 1.82) is 0 Å². The first-order valence-electron chi connectivity index (χ1n) is 5.12. The normalized spacial score (nSPS) is 13.9. The van der Waals surface area contributed by atoms with Crippen molar-refractivity contribution in [2.24, 2.45) is 7.05 Å². The molecule has 0 aliphatic carbocycles. The van der Waals surface area contributed by atoms with Gasteiger partial charge in [-0.3, -0.25) is 4.68 Å². The quantitative estimate of drug-likeness (QED) is 0.732. The molecule has 16 heavy (non-hydrogen) atoms. The molecule has 1 unspecified atom stereocenters. The first-order valence-corrected chi connectivity index (χ1v) is 6.60. The van der Waals surface area contributed by atoms with Crippen LogP contribution < -0.4 is 4.72 Å². The average Bonchev–Trinajstić information content (AvgIpc) is 2.65. The van der Waals surface area contributed by atoms with Crippen LogP contribution in [0.5, 0.6) is 0 Å². The SMILES string of the molecule is CCC(O)CCNS(=O)(=O)c1cnn(C)c1. The molecule has 0 fully saturated rings. The van der Waals surface area contributed by atoms with Crippen LogP contribution in [0.1, 0.15) is 19.8 Å². The Bertz CT molecular complexity index is 427. The molecular formula is C9H17N3O3S. The van der Waals surface area contributed by atoms with E-state index in [1.807, 2.05) is 6.92 Å². The molecule has 0 saturated heterocycles. The zero-order valence-electron chi connectivity index (χ0n) is 9.42. The van der Waals surface area contributed by atoms with Gasteiger partial charge in [0.1, 0.15) is 4.90 Å². The zero-order valence-corrected chi connectivity index (χ0v) is 10.2. The van der Waals surface area contributed by atoms with Crippen LogP contribution in [-0.4, -0.2) is 36.0 Å². The third kappa shape index (κ3) is 3.58. The predicted molar refractivity (Wildman–Crippen MR) is 59.3 cm³/mol. The van der Waals surface area contributed by atoms with Crippen molar-refractivity contribution < 1.29 is 13.5 Å². The minimum absolute atomic E-state index is 0.140. The number of aliphatic hydroxyl groups is 1. The second kappa shape index (κ2) is 5.42. The first-order chi connectivity index (χ1) is 7.45. The van der Waals surface area contributed by atoms with Gasteiger partial charge in [0, 0.05) is 19.8 Å². The lowest BCUT2D eigenvalue weighted by Crippen LogP contribution is -2.27. The number of rotatable bonds is 6. The highest BCUT2D eigenvalue weighted by molar-refractivity contribution is 7.89. The van der Waals surface area contributed by atoms with E-state index in [0.29, 0.717) is 12.8 Å². The third-order valence-corrected chi connectivity index (χ3v) is 3.65. The van der Waals surface area contributed by atoms with Crippen LogP contribution in [0.25, 0.3) is 0 Å². The third-order valence-electron chi connectivity index (χ3n) is 2.23. The molecule has 92 valence electrons. The van der Waals surface area contributed by atoms with Gasteiger partial charge in [-0.15, -0.1) is 0 Å². The van der Waals surface area contributed by atoms with E-state index in [1.165, 1.54) is 17.1 Å². The van der Waals surface area contributed by atoms with E-state index in [1.54, 1.807) is 7.05 Å². The molecule has 0 radical (unpaired) electrons. The summed E-state index contributed by atoms with van der Waals surface area (Å²) in [5.41, 5.74) is 0. The summed E-state index contributed by atoms with van der Waals surface area (Å²) in [5.74, 6) is 0. The smallest absolute Gasteiger partial charge is 0.243 e. The van der Waals surface area contributed by atoms with E-state index in [0.717, 1.165) is 0 Å². The first kappa shape index (κ1) is 13.1. The van der Waals surface area contributed by atoms with Crippen LogP contribution in [0.3, 0.4) is 0 Å². The van der Waals surface area contributed by atoms with Crippen molar-refractivity contribution in [2.75, 3.05) is 6.54 Å². The van der Waals surface area contributed by atoms with Gasteiger partial charge in [0.05, 0.1) is 12.3 Å². The molecular weight excluding hydrogens is 230 g/mol. The summed E-state index contributed by atoms with van der Waals surface area (Å²) in [6, 6.07) is 0. The summed E-state index contributed by atoms with van der Waals surface area (Å²) in [4.78, 5) is 0.140. The van der Waals surface area contributed by atoms with Gasteiger partial charge in [-0.1, -0.05) is 6.92 Å². The molecule has 0 aliphatic heterocycles. The van der Waals surface area contributed by atoms with Gasteiger partial charge >= 0.3 is 0 Å². The summed E-state index contributed by atoms with van der Waals surface area (Å²) in [6.07, 6.45) is 3.29. The van der Waals surface area contributed by atoms with Crippen LogP contribution in [0, 0.1) is 0 Å². The molecule has 1 aromatic heterocycles. The Labute approximate surface area is 95.3 Å². The summed E-state index contributed by atoms with van der Waals surface area (Å²) < 4.78 is 27.2. The van der Waals surface area contributed by atoms with Crippen LogP contribution in [0.2, 0.25) is 0 Å². The molecule has 0 bridgehead atoms. The second-order valence-corrected chi connectivity index (χ2v) is 5.37. The fourth-order valence-corrected chi connectivity index (χ4v) is 2.22. The number of sulfonamides is 1. The number of nitrogens with one attached hydrogen (secondary N) is 1. The molecule has 0 aromatic carbocycles. The topological polar surface area (TPSA) is 84.2 Å². The van der Waals surface area contributed by atoms with Crippen LogP contribution in [0.15, 0.2) is 17.3 Å². The Balaban J connectivity index is 2.53. The van der Waals surface area contributed by atoms with E-state index < -0.39 is 16.1 Å². The predicted octanol–water partition coefficient (Wildman–Crippen LogP) is -0.141. The van der Waals surface area contributed by atoms with Gasteiger partial charge in [0.25, 0.3) is 0 Å². The van der Waals surface area contributed by atoms with E-state index in [-0.39, 0.29) is 11.4 Å². The average molecular weight is 247 g/mol. The van der Waals surface area contributed by atoms with Gasteiger partial charge in [0.15, 0.2) is 0 Å². The monoisotopic (exact) mass is 247 g/mol. The van der Waals surface area contributed by atoms with Crippen molar-refractivity contribution in [3.8, 4) is 0 Å².